The first-order valence-electron chi connectivity index (χ1n) is 14.5. The third-order valence-electron chi connectivity index (χ3n) is 8.04. The molecule has 1 atom stereocenters. The summed E-state index contributed by atoms with van der Waals surface area (Å²) >= 11 is 6.48. The molecule has 42 heavy (non-hydrogen) atoms. The van der Waals surface area contributed by atoms with Gasteiger partial charge < -0.3 is 29.9 Å². The van der Waals surface area contributed by atoms with Crippen LogP contribution in [0.4, 0.5) is 11.6 Å². The van der Waals surface area contributed by atoms with Crippen LogP contribution in [0, 0.1) is 0 Å². The second kappa shape index (κ2) is 12.6. The topological polar surface area (TPSA) is 109 Å². The van der Waals surface area contributed by atoms with Gasteiger partial charge in [0.2, 0.25) is 11.9 Å². The van der Waals surface area contributed by atoms with E-state index in [2.05, 4.69) is 37.6 Å². The maximum absolute atomic E-state index is 13.3. The smallest absolute Gasteiger partial charge is 0.254 e. The summed E-state index contributed by atoms with van der Waals surface area (Å²) in [6.07, 6.45) is 3.35. The van der Waals surface area contributed by atoms with E-state index in [1.165, 1.54) is 0 Å². The van der Waals surface area contributed by atoms with Gasteiger partial charge in [-0.3, -0.25) is 9.59 Å². The van der Waals surface area contributed by atoms with Crippen LogP contribution < -0.4 is 15.5 Å². The predicted molar refractivity (Wildman–Crippen MR) is 161 cm³/mol. The molecule has 0 aliphatic carbocycles. The van der Waals surface area contributed by atoms with E-state index in [0.29, 0.717) is 42.0 Å². The summed E-state index contributed by atoms with van der Waals surface area (Å²) in [6.45, 7) is 6.94. The zero-order valence-corrected chi connectivity index (χ0v) is 24.4. The van der Waals surface area contributed by atoms with Crippen molar-refractivity contribution in [3.05, 3.63) is 70.4 Å². The van der Waals surface area contributed by atoms with Crippen molar-refractivity contribution < 1.29 is 19.1 Å². The Balaban J connectivity index is 1.08. The average Bonchev–Trinajstić information content (AvgIpc) is 3.33. The summed E-state index contributed by atoms with van der Waals surface area (Å²) in [6, 6.07) is 13.9. The first kappa shape index (κ1) is 28.4. The minimum atomic E-state index is -0.205. The number of nitrogens with one attached hydrogen (secondary N) is 2. The third-order valence-corrected chi connectivity index (χ3v) is 8.32. The second-order valence-corrected chi connectivity index (χ2v) is 11.3. The van der Waals surface area contributed by atoms with E-state index in [-0.39, 0.29) is 30.4 Å². The zero-order chi connectivity index (χ0) is 29.1. The number of halogens is 1. The maximum Gasteiger partial charge on any atom is 0.254 e. The van der Waals surface area contributed by atoms with Gasteiger partial charge in [-0.05, 0) is 49.1 Å². The lowest BCUT2D eigenvalue weighted by Gasteiger charge is -2.29. The number of aromatic nitrogens is 2. The van der Waals surface area contributed by atoms with Gasteiger partial charge in [0.05, 0.1) is 36.2 Å². The number of carbonyl (C=O) groups is 2. The van der Waals surface area contributed by atoms with Crippen molar-refractivity contribution in [3.8, 4) is 11.3 Å². The highest BCUT2D eigenvalue weighted by Crippen LogP contribution is 2.32. The number of hydrogen-bond donors (Lipinski definition) is 2. The quantitative estimate of drug-likeness (QED) is 0.404. The van der Waals surface area contributed by atoms with Gasteiger partial charge in [-0.15, -0.1) is 0 Å². The number of rotatable bonds is 8. The molecule has 0 spiro atoms. The van der Waals surface area contributed by atoms with Crippen LogP contribution in [0.3, 0.4) is 0 Å². The molecule has 2 fully saturated rings. The van der Waals surface area contributed by atoms with E-state index >= 15 is 0 Å². The van der Waals surface area contributed by atoms with E-state index in [0.717, 1.165) is 61.5 Å². The number of morpholine rings is 1. The van der Waals surface area contributed by atoms with E-state index in [1.807, 2.05) is 31.2 Å². The number of anilines is 2. The van der Waals surface area contributed by atoms with Crippen LogP contribution in [0.15, 0.2) is 48.7 Å². The zero-order valence-electron chi connectivity index (χ0n) is 23.6. The van der Waals surface area contributed by atoms with Gasteiger partial charge in [-0.1, -0.05) is 35.9 Å². The number of benzene rings is 2. The van der Waals surface area contributed by atoms with Gasteiger partial charge in [0.1, 0.15) is 6.54 Å². The van der Waals surface area contributed by atoms with E-state index < -0.39 is 0 Å². The van der Waals surface area contributed by atoms with Gasteiger partial charge in [0.15, 0.2) is 0 Å². The minimum absolute atomic E-state index is 0.0213. The van der Waals surface area contributed by atoms with Crippen LogP contribution in [-0.4, -0.2) is 78.8 Å². The SMILES string of the molecule is CC(NC(=O)CN1Cc2ccc(-c3nc(NC4CCOCC4)ncc3Cl)cc2C1=O)c1ccc(N2CCOCC2)cc1. The average molecular weight is 591 g/mol. The Hall–Kier alpha value is -3.73. The highest BCUT2D eigenvalue weighted by molar-refractivity contribution is 6.33. The summed E-state index contributed by atoms with van der Waals surface area (Å²) < 4.78 is 10.9. The van der Waals surface area contributed by atoms with Crippen molar-refractivity contribution >= 4 is 35.1 Å². The molecule has 2 amide bonds. The molecule has 220 valence electrons. The van der Waals surface area contributed by atoms with Gasteiger partial charge in [-0.2, -0.15) is 0 Å². The van der Waals surface area contributed by atoms with Crippen molar-refractivity contribution in [3.63, 3.8) is 0 Å². The number of hydrogen-bond acceptors (Lipinski definition) is 8. The third kappa shape index (κ3) is 6.35. The summed E-state index contributed by atoms with van der Waals surface area (Å²) in [7, 11) is 0. The fourth-order valence-corrected chi connectivity index (χ4v) is 5.84. The lowest BCUT2D eigenvalue weighted by atomic mass is 10.0. The molecular formula is C31H35ClN6O4. The standard InChI is InChI=1S/C31H35ClN6O4/c1-20(21-4-6-25(7-5-21)37-10-14-42-15-11-37)34-28(39)19-38-18-23-3-2-22(16-26(23)30(38)40)29-27(32)17-33-31(36-29)35-24-8-12-41-13-9-24/h2-7,16-17,20,24H,8-15,18-19H2,1H3,(H,34,39)(H,33,35,36). The molecule has 2 saturated heterocycles. The molecule has 3 aliphatic heterocycles. The van der Waals surface area contributed by atoms with E-state index in [4.69, 9.17) is 21.1 Å². The Kier molecular flexibility index (Phi) is 8.55. The van der Waals surface area contributed by atoms with Gasteiger partial charge in [0, 0.05) is 55.7 Å². The van der Waals surface area contributed by atoms with E-state index in [1.54, 1.807) is 17.2 Å². The van der Waals surface area contributed by atoms with Gasteiger partial charge in [0.25, 0.3) is 5.91 Å². The summed E-state index contributed by atoms with van der Waals surface area (Å²) in [4.78, 5) is 39.1. The monoisotopic (exact) mass is 590 g/mol. The summed E-state index contributed by atoms with van der Waals surface area (Å²) in [5.41, 5.74) is 4.87. The molecule has 0 bridgehead atoms. The predicted octanol–water partition coefficient (Wildman–Crippen LogP) is 4.06. The lowest BCUT2D eigenvalue weighted by molar-refractivity contribution is -0.122. The van der Waals surface area contributed by atoms with Crippen molar-refractivity contribution in [2.45, 2.75) is 38.4 Å². The van der Waals surface area contributed by atoms with Crippen LogP contribution in [0.2, 0.25) is 5.02 Å². The Morgan fingerprint density at radius 3 is 2.57 bits per heavy atom. The van der Waals surface area contributed by atoms with Crippen molar-refractivity contribution in [1.82, 2.24) is 20.2 Å². The molecular weight excluding hydrogens is 556 g/mol. The molecule has 1 unspecified atom stereocenters. The first-order valence-corrected chi connectivity index (χ1v) is 14.8. The maximum atomic E-state index is 13.3. The molecule has 2 aromatic carbocycles. The van der Waals surface area contributed by atoms with Crippen molar-refractivity contribution in [1.29, 1.82) is 0 Å². The summed E-state index contributed by atoms with van der Waals surface area (Å²) in [5.74, 6) is 0.107. The number of nitrogens with zero attached hydrogens (tertiary/aromatic N) is 4. The largest absolute Gasteiger partial charge is 0.381 e. The molecule has 3 aliphatic rings. The van der Waals surface area contributed by atoms with Gasteiger partial charge in [-0.25, -0.2) is 9.97 Å². The van der Waals surface area contributed by atoms with E-state index in [9.17, 15) is 9.59 Å². The normalized spacial score (nSPS) is 18.1. The fraction of sp³-hybridized carbons (Fsp3) is 0.419. The number of carbonyl (C=O) groups excluding carboxylic acids is 2. The Morgan fingerprint density at radius 1 is 1.07 bits per heavy atom. The Bertz CT molecular complexity index is 1440. The molecule has 2 N–H and O–H groups in total. The lowest BCUT2D eigenvalue weighted by Crippen LogP contribution is -2.38. The molecule has 0 radical (unpaired) electrons. The van der Waals surface area contributed by atoms with Crippen LogP contribution in [0.1, 0.15) is 47.3 Å². The number of ether oxygens (including phenoxy) is 2. The number of fused-ring (bicyclic) bond motifs is 1. The molecule has 11 heteroatoms. The molecule has 6 rings (SSSR count). The molecule has 1 aromatic heterocycles. The van der Waals surface area contributed by atoms with Gasteiger partial charge >= 0.3 is 0 Å². The molecule has 10 nitrogen and oxygen atoms in total. The fourth-order valence-electron chi connectivity index (χ4n) is 5.64. The minimum Gasteiger partial charge on any atom is -0.381 e. The highest BCUT2D eigenvalue weighted by Gasteiger charge is 2.30. The number of amides is 2. The van der Waals surface area contributed by atoms with Crippen molar-refractivity contribution in [2.75, 3.05) is 56.3 Å². The Labute approximate surface area is 250 Å². The second-order valence-electron chi connectivity index (χ2n) is 10.9. The highest BCUT2D eigenvalue weighted by atomic mass is 35.5. The molecule has 4 heterocycles. The Morgan fingerprint density at radius 2 is 1.81 bits per heavy atom. The van der Waals surface area contributed by atoms with Crippen LogP contribution >= 0.6 is 11.6 Å². The first-order chi connectivity index (χ1) is 20.4. The van der Waals surface area contributed by atoms with Crippen molar-refractivity contribution in [2.24, 2.45) is 0 Å². The van der Waals surface area contributed by atoms with Crippen LogP contribution in [0.25, 0.3) is 11.3 Å². The van der Waals surface area contributed by atoms with Crippen LogP contribution in [0.5, 0.6) is 0 Å². The van der Waals surface area contributed by atoms with Crippen LogP contribution in [-0.2, 0) is 20.8 Å². The molecule has 3 aromatic rings. The molecule has 0 saturated carbocycles. The summed E-state index contributed by atoms with van der Waals surface area (Å²) in [5, 5.41) is 6.81.